The zero-order valence-corrected chi connectivity index (χ0v) is 18.4. The summed E-state index contributed by atoms with van der Waals surface area (Å²) in [4.78, 5) is 18.9. The smallest absolute Gasteiger partial charge is 0.225 e. The maximum atomic E-state index is 13.3. The monoisotopic (exact) mass is 432 g/mol. The molecule has 0 fully saturated rings. The maximum Gasteiger partial charge on any atom is 0.225 e. The molecule has 1 aliphatic heterocycles. The Morgan fingerprint density at radius 3 is 2.74 bits per heavy atom. The van der Waals surface area contributed by atoms with Gasteiger partial charge >= 0.3 is 0 Å². The molecule has 6 heteroatoms. The maximum absolute atomic E-state index is 13.3. The summed E-state index contributed by atoms with van der Waals surface area (Å²) in [5.74, 6) is 0.147. The van der Waals surface area contributed by atoms with Crippen molar-refractivity contribution < 1.29 is 4.79 Å². The number of hydrogen-bond acceptors (Lipinski definition) is 2. The summed E-state index contributed by atoms with van der Waals surface area (Å²) < 4.78 is 1.84. The van der Waals surface area contributed by atoms with E-state index < -0.39 is 0 Å². The molecule has 2 unspecified atom stereocenters. The fourth-order valence-corrected chi connectivity index (χ4v) is 5.03. The van der Waals surface area contributed by atoms with E-state index in [-0.39, 0.29) is 17.9 Å². The molecular weight excluding hydrogens is 408 g/mol. The third kappa shape index (κ3) is 3.53. The Kier molecular flexibility index (Phi) is 5.06. The van der Waals surface area contributed by atoms with Gasteiger partial charge in [-0.1, -0.05) is 48.0 Å². The van der Waals surface area contributed by atoms with Gasteiger partial charge in [0.05, 0.1) is 12.2 Å². The number of carbonyl (C=O) groups excluding carboxylic acids is 1. The van der Waals surface area contributed by atoms with Crippen LogP contribution in [0.2, 0.25) is 5.02 Å². The van der Waals surface area contributed by atoms with Crippen LogP contribution in [0.4, 0.5) is 0 Å². The number of nitrogens with zero attached hydrogens (tertiary/aromatic N) is 3. The highest BCUT2D eigenvalue weighted by atomic mass is 35.5. The van der Waals surface area contributed by atoms with E-state index in [2.05, 4.69) is 41.3 Å². The van der Waals surface area contributed by atoms with E-state index in [1.807, 2.05) is 53.2 Å². The Bertz CT molecular complexity index is 1260. The van der Waals surface area contributed by atoms with Gasteiger partial charge in [-0.3, -0.25) is 9.48 Å². The average Bonchev–Trinajstić information content (AvgIpc) is 3.37. The summed E-state index contributed by atoms with van der Waals surface area (Å²) in [6, 6.07) is 16.3. The quantitative estimate of drug-likeness (QED) is 0.466. The van der Waals surface area contributed by atoms with Crippen molar-refractivity contribution in [2.75, 3.05) is 6.54 Å². The number of amides is 1. The van der Waals surface area contributed by atoms with Crippen LogP contribution in [0, 0.1) is 6.92 Å². The molecular formula is C25H25ClN4O. The molecule has 1 N–H and O–H groups in total. The van der Waals surface area contributed by atoms with E-state index in [1.54, 1.807) is 0 Å². The van der Waals surface area contributed by atoms with Crippen molar-refractivity contribution >= 4 is 28.4 Å². The number of aromatic nitrogens is 3. The topological polar surface area (TPSA) is 53.9 Å². The van der Waals surface area contributed by atoms with Gasteiger partial charge in [0.1, 0.15) is 0 Å². The number of aromatic amines is 1. The van der Waals surface area contributed by atoms with E-state index >= 15 is 0 Å². The Hall–Kier alpha value is -3.05. The van der Waals surface area contributed by atoms with Crippen LogP contribution in [0.15, 0.2) is 60.9 Å². The van der Waals surface area contributed by atoms with E-state index in [1.165, 1.54) is 10.9 Å². The number of para-hydroxylation sites is 1. The number of hydrogen-bond donors (Lipinski definition) is 1. The highest BCUT2D eigenvalue weighted by Crippen LogP contribution is 2.44. The van der Waals surface area contributed by atoms with Crippen molar-refractivity contribution in [3.8, 4) is 0 Å². The molecule has 2 atom stereocenters. The molecule has 0 aliphatic carbocycles. The molecule has 1 aliphatic rings. The molecule has 0 spiro atoms. The SMILES string of the molecule is Cc1cnn(CCC(=O)N2CC(c3ccccc3Cl)c3c([nH]c4ccccc34)C2C)c1. The summed E-state index contributed by atoms with van der Waals surface area (Å²) in [5, 5.41) is 6.25. The summed E-state index contributed by atoms with van der Waals surface area (Å²) in [6.45, 7) is 5.29. The zero-order valence-electron chi connectivity index (χ0n) is 17.7. The first-order valence-corrected chi connectivity index (χ1v) is 11.0. The molecule has 0 saturated carbocycles. The molecule has 0 radical (unpaired) electrons. The van der Waals surface area contributed by atoms with Crippen molar-refractivity contribution in [3.63, 3.8) is 0 Å². The second kappa shape index (κ2) is 7.89. The Labute approximate surface area is 186 Å². The molecule has 31 heavy (non-hydrogen) atoms. The van der Waals surface area contributed by atoms with E-state index in [0.29, 0.717) is 19.5 Å². The molecule has 4 aromatic rings. The Morgan fingerprint density at radius 1 is 1.19 bits per heavy atom. The molecule has 2 aromatic carbocycles. The molecule has 3 heterocycles. The minimum absolute atomic E-state index is 0.0203. The second-order valence-corrected chi connectivity index (χ2v) is 8.73. The van der Waals surface area contributed by atoms with E-state index in [9.17, 15) is 4.79 Å². The van der Waals surface area contributed by atoms with Crippen LogP contribution in [-0.2, 0) is 11.3 Å². The van der Waals surface area contributed by atoms with Crippen LogP contribution in [0.1, 0.15) is 47.7 Å². The predicted molar refractivity (Wildman–Crippen MR) is 123 cm³/mol. The summed E-state index contributed by atoms with van der Waals surface area (Å²) in [5.41, 5.74) is 5.60. The van der Waals surface area contributed by atoms with Gasteiger partial charge in [-0.05, 0) is 42.7 Å². The number of aryl methyl sites for hydroxylation is 2. The first-order chi connectivity index (χ1) is 15.0. The number of benzene rings is 2. The predicted octanol–water partition coefficient (Wildman–Crippen LogP) is 5.45. The minimum Gasteiger partial charge on any atom is -0.356 e. The van der Waals surface area contributed by atoms with E-state index in [0.717, 1.165) is 27.4 Å². The van der Waals surface area contributed by atoms with Gasteiger partial charge < -0.3 is 9.88 Å². The van der Waals surface area contributed by atoms with Crippen LogP contribution in [-0.4, -0.2) is 32.1 Å². The van der Waals surface area contributed by atoms with Crippen LogP contribution < -0.4 is 0 Å². The number of halogens is 1. The third-order valence-corrected chi connectivity index (χ3v) is 6.65. The second-order valence-electron chi connectivity index (χ2n) is 8.32. The number of rotatable bonds is 4. The van der Waals surface area contributed by atoms with Crippen molar-refractivity contribution in [2.45, 2.75) is 38.8 Å². The fraction of sp³-hybridized carbons (Fsp3) is 0.280. The zero-order chi connectivity index (χ0) is 21.5. The third-order valence-electron chi connectivity index (χ3n) is 6.31. The Balaban J connectivity index is 1.53. The number of nitrogens with one attached hydrogen (secondary N) is 1. The van der Waals surface area contributed by atoms with Gasteiger partial charge in [-0.25, -0.2) is 0 Å². The largest absolute Gasteiger partial charge is 0.356 e. The average molecular weight is 433 g/mol. The lowest BCUT2D eigenvalue weighted by Crippen LogP contribution is -2.41. The molecule has 0 bridgehead atoms. The standard InChI is InChI=1S/C25H25ClN4O/c1-16-13-27-29(14-16)12-11-23(31)30-15-20(18-7-3-5-9-21(18)26)24-19-8-4-6-10-22(19)28-25(24)17(30)2/h3-10,13-14,17,20,28H,11-12,15H2,1-2H3. The Morgan fingerprint density at radius 2 is 1.97 bits per heavy atom. The lowest BCUT2D eigenvalue weighted by Gasteiger charge is -2.39. The van der Waals surface area contributed by atoms with Crippen LogP contribution in [0.5, 0.6) is 0 Å². The van der Waals surface area contributed by atoms with Crippen LogP contribution >= 0.6 is 11.6 Å². The highest BCUT2D eigenvalue weighted by Gasteiger charge is 2.37. The summed E-state index contributed by atoms with van der Waals surface area (Å²) in [7, 11) is 0. The normalized spacial score (nSPS) is 18.4. The lowest BCUT2D eigenvalue weighted by atomic mass is 9.83. The lowest BCUT2D eigenvalue weighted by molar-refractivity contribution is -0.134. The van der Waals surface area contributed by atoms with Crippen molar-refractivity contribution in [3.05, 3.63) is 88.3 Å². The van der Waals surface area contributed by atoms with Gasteiger partial charge in [-0.15, -0.1) is 0 Å². The molecule has 2 aromatic heterocycles. The molecule has 5 rings (SSSR count). The van der Waals surface area contributed by atoms with Crippen molar-refractivity contribution in [1.82, 2.24) is 19.7 Å². The van der Waals surface area contributed by atoms with Crippen LogP contribution in [0.3, 0.4) is 0 Å². The van der Waals surface area contributed by atoms with Crippen molar-refractivity contribution in [1.29, 1.82) is 0 Å². The minimum atomic E-state index is -0.0343. The van der Waals surface area contributed by atoms with Gasteiger partial charge in [-0.2, -0.15) is 5.10 Å². The number of H-pyrrole nitrogens is 1. The van der Waals surface area contributed by atoms with E-state index in [4.69, 9.17) is 11.6 Å². The molecule has 5 nitrogen and oxygen atoms in total. The van der Waals surface area contributed by atoms with Gasteiger partial charge in [0.25, 0.3) is 0 Å². The van der Waals surface area contributed by atoms with Gasteiger partial charge in [0, 0.05) is 53.2 Å². The van der Waals surface area contributed by atoms with Crippen LogP contribution in [0.25, 0.3) is 10.9 Å². The number of fused-ring (bicyclic) bond motifs is 3. The summed E-state index contributed by atoms with van der Waals surface area (Å²) >= 11 is 6.62. The first kappa shape index (κ1) is 19.9. The van der Waals surface area contributed by atoms with Gasteiger partial charge in [0.15, 0.2) is 0 Å². The highest BCUT2D eigenvalue weighted by molar-refractivity contribution is 6.31. The van der Waals surface area contributed by atoms with Gasteiger partial charge in [0.2, 0.25) is 5.91 Å². The molecule has 0 saturated heterocycles. The first-order valence-electron chi connectivity index (χ1n) is 10.7. The van der Waals surface area contributed by atoms with Crippen molar-refractivity contribution in [2.24, 2.45) is 0 Å². The molecule has 1 amide bonds. The molecule has 158 valence electrons. The number of carbonyl (C=O) groups is 1. The summed E-state index contributed by atoms with van der Waals surface area (Å²) in [6.07, 6.45) is 4.20. The fourth-order valence-electron chi connectivity index (χ4n) is 4.76.